The molecular weight excluding hydrogens is 264 g/mol. The minimum Gasteiger partial charge on any atom is -0.408 e. The summed E-state index contributed by atoms with van der Waals surface area (Å²) in [5, 5.41) is 3.67. The second kappa shape index (κ2) is 5.02. The van der Waals surface area contributed by atoms with Gasteiger partial charge in [0.1, 0.15) is 0 Å². The predicted molar refractivity (Wildman–Crippen MR) is 82.2 cm³/mol. The number of rotatable bonds is 4. The molecule has 21 heavy (non-hydrogen) atoms. The quantitative estimate of drug-likeness (QED) is 0.907. The highest BCUT2D eigenvalue weighted by Gasteiger charge is 2.43. The van der Waals surface area contributed by atoms with Crippen LogP contribution in [0.2, 0.25) is 0 Å². The molecule has 0 saturated heterocycles. The number of benzene rings is 1. The van der Waals surface area contributed by atoms with Crippen LogP contribution in [0.3, 0.4) is 0 Å². The summed E-state index contributed by atoms with van der Waals surface area (Å²) in [6, 6.07) is 6.52. The molecule has 2 aliphatic carbocycles. The highest BCUT2D eigenvalue weighted by atomic mass is 16.4. The third-order valence-electron chi connectivity index (χ3n) is 5.45. The first-order valence-electron chi connectivity index (χ1n) is 8.10. The summed E-state index contributed by atoms with van der Waals surface area (Å²) >= 11 is 0. The van der Waals surface area contributed by atoms with Gasteiger partial charge in [-0.3, -0.25) is 4.98 Å². The van der Waals surface area contributed by atoms with Gasteiger partial charge in [0, 0.05) is 6.04 Å². The van der Waals surface area contributed by atoms with Gasteiger partial charge in [-0.1, -0.05) is 19.4 Å². The van der Waals surface area contributed by atoms with Crippen LogP contribution in [0.1, 0.15) is 44.2 Å². The summed E-state index contributed by atoms with van der Waals surface area (Å²) in [5.41, 5.74) is 2.71. The van der Waals surface area contributed by atoms with Gasteiger partial charge < -0.3 is 9.73 Å². The summed E-state index contributed by atoms with van der Waals surface area (Å²) < 4.78 is 5.22. The van der Waals surface area contributed by atoms with Crippen LogP contribution in [-0.2, 0) is 0 Å². The third-order valence-corrected chi connectivity index (χ3v) is 5.45. The molecular formula is C17H22N2O2. The summed E-state index contributed by atoms with van der Waals surface area (Å²) in [7, 11) is 0. The molecule has 2 aliphatic rings. The molecule has 112 valence electrons. The number of fused-ring (bicyclic) bond motifs is 3. The van der Waals surface area contributed by atoms with Crippen molar-refractivity contribution in [3.05, 3.63) is 34.3 Å². The van der Waals surface area contributed by atoms with Crippen molar-refractivity contribution in [2.24, 2.45) is 17.8 Å². The van der Waals surface area contributed by atoms with Gasteiger partial charge in [-0.25, -0.2) is 4.79 Å². The highest BCUT2D eigenvalue weighted by molar-refractivity contribution is 5.72. The molecule has 1 aromatic heterocycles. The summed E-state index contributed by atoms with van der Waals surface area (Å²) in [6.45, 7) is 3.13. The van der Waals surface area contributed by atoms with Crippen LogP contribution in [0, 0.1) is 17.8 Å². The number of hydrogen-bond acceptors (Lipinski definition) is 3. The average molecular weight is 286 g/mol. The third kappa shape index (κ3) is 2.22. The largest absolute Gasteiger partial charge is 0.417 e. The van der Waals surface area contributed by atoms with E-state index < -0.39 is 0 Å². The number of nitrogens with one attached hydrogen (secondary N) is 2. The van der Waals surface area contributed by atoms with E-state index in [4.69, 9.17) is 4.42 Å². The average Bonchev–Trinajstić information content (AvgIpc) is 3.17. The van der Waals surface area contributed by atoms with Crippen LogP contribution < -0.4 is 11.1 Å². The molecule has 4 heteroatoms. The number of hydrogen-bond donors (Lipinski definition) is 2. The molecule has 4 unspecified atom stereocenters. The fourth-order valence-electron chi connectivity index (χ4n) is 4.59. The maximum absolute atomic E-state index is 11.3. The van der Waals surface area contributed by atoms with Crippen molar-refractivity contribution < 1.29 is 4.42 Å². The fraction of sp³-hybridized carbons (Fsp3) is 0.588. The molecule has 0 aliphatic heterocycles. The molecule has 2 fully saturated rings. The Balaban J connectivity index is 1.69. The smallest absolute Gasteiger partial charge is 0.408 e. The topological polar surface area (TPSA) is 58.0 Å². The Hall–Kier alpha value is -1.55. The Bertz CT molecular complexity index is 702. The van der Waals surface area contributed by atoms with E-state index in [0.29, 0.717) is 11.6 Å². The first-order valence-corrected chi connectivity index (χ1v) is 8.10. The summed E-state index contributed by atoms with van der Waals surface area (Å²) in [4.78, 5) is 14.0. The van der Waals surface area contributed by atoms with Crippen LogP contribution in [0.4, 0.5) is 0 Å². The maximum atomic E-state index is 11.3. The molecule has 1 heterocycles. The van der Waals surface area contributed by atoms with E-state index in [1.54, 1.807) is 0 Å². The van der Waals surface area contributed by atoms with E-state index >= 15 is 0 Å². The van der Waals surface area contributed by atoms with Gasteiger partial charge in [-0.05, 0) is 61.3 Å². The van der Waals surface area contributed by atoms with Crippen molar-refractivity contribution in [2.45, 2.75) is 38.6 Å². The van der Waals surface area contributed by atoms with Gasteiger partial charge in [-0.15, -0.1) is 0 Å². The molecule has 2 bridgehead atoms. The normalized spacial score (nSPS) is 29.3. The monoisotopic (exact) mass is 286 g/mol. The lowest BCUT2D eigenvalue weighted by Gasteiger charge is -2.31. The number of aromatic amines is 1. The summed E-state index contributed by atoms with van der Waals surface area (Å²) in [5.74, 6) is 2.16. The Morgan fingerprint density at radius 2 is 2.29 bits per heavy atom. The first-order chi connectivity index (χ1) is 10.2. The van der Waals surface area contributed by atoms with E-state index in [1.807, 2.05) is 12.1 Å². The molecule has 0 amide bonds. The second-order valence-electron chi connectivity index (χ2n) is 6.64. The number of oxazole rings is 1. The van der Waals surface area contributed by atoms with Gasteiger partial charge in [0.15, 0.2) is 5.58 Å². The molecule has 0 spiro atoms. The zero-order chi connectivity index (χ0) is 14.4. The molecule has 4 atom stereocenters. The van der Waals surface area contributed by atoms with Gasteiger partial charge in [0.05, 0.1) is 5.52 Å². The highest BCUT2D eigenvalue weighted by Crippen LogP contribution is 2.52. The van der Waals surface area contributed by atoms with Crippen LogP contribution in [0.25, 0.3) is 11.1 Å². The summed E-state index contributed by atoms with van der Waals surface area (Å²) in [6.07, 6.45) is 5.57. The molecule has 4 nitrogen and oxygen atoms in total. The van der Waals surface area contributed by atoms with Crippen molar-refractivity contribution in [2.75, 3.05) is 6.54 Å². The zero-order valence-electron chi connectivity index (χ0n) is 12.4. The lowest BCUT2D eigenvalue weighted by atomic mass is 9.80. The Morgan fingerprint density at radius 1 is 1.38 bits per heavy atom. The van der Waals surface area contributed by atoms with E-state index in [2.05, 4.69) is 23.3 Å². The van der Waals surface area contributed by atoms with Gasteiger partial charge in [0.25, 0.3) is 0 Å². The van der Waals surface area contributed by atoms with Crippen molar-refractivity contribution in [1.29, 1.82) is 0 Å². The minimum absolute atomic E-state index is 0.373. The van der Waals surface area contributed by atoms with Crippen molar-refractivity contribution in [3.63, 3.8) is 0 Å². The lowest BCUT2D eigenvalue weighted by molar-refractivity contribution is 0.253. The minimum atomic E-state index is -0.373. The number of H-pyrrole nitrogens is 1. The zero-order valence-corrected chi connectivity index (χ0v) is 12.4. The number of aromatic nitrogens is 1. The predicted octanol–water partition coefficient (Wildman–Crippen LogP) is 3.21. The van der Waals surface area contributed by atoms with Crippen molar-refractivity contribution in [1.82, 2.24) is 10.3 Å². The second-order valence-corrected chi connectivity index (χ2v) is 6.64. The Kier molecular flexibility index (Phi) is 3.14. The maximum Gasteiger partial charge on any atom is 0.417 e. The fourth-order valence-corrected chi connectivity index (χ4v) is 4.59. The Morgan fingerprint density at radius 3 is 3.00 bits per heavy atom. The standard InChI is InChI=1S/C17H22N2O2/c1-2-18-16(13-8-10-3-4-11(13)7-10)12-5-6-14-15(9-12)21-17(20)19-14/h5-6,9-11,13,16,18H,2-4,7-8H2,1H3,(H,19,20). The van der Waals surface area contributed by atoms with Crippen LogP contribution >= 0.6 is 0 Å². The van der Waals surface area contributed by atoms with Crippen molar-refractivity contribution >= 4 is 11.1 Å². The van der Waals surface area contributed by atoms with E-state index in [0.717, 1.165) is 29.8 Å². The Labute approximate surface area is 123 Å². The molecule has 1 aromatic carbocycles. The first kappa shape index (κ1) is 13.1. The molecule has 2 aromatic rings. The lowest BCUT2D eigenvalue weighted by Crippen LogP contribution is -2.31. The van der Waals surface area contributed by atoms with Crippen LogP contribution in [0.15, 0.2) is 27.4 Å². The SMILES string of the molecule is CCNC(c1ccc2[nH]c(=O)oc2c1)C1CC2CCC1C2. The van der Waals surface area contributed by atoms with Gasteiger partial charge in [-0.2, -0.15) is 0 Å². The molecule has 2 saturated carbocycles. The molecule has 0 radical (unpaired) electrons. The van der Waals surface area contributed by atoms with Gasteiger partial charge in [0.2, 0.25) is 0 Å². The van der Waals surface area contributed by atoms with Crippen LogP contribution in [0.5, 0.6) is 0 Å². The molecule has 4 rings (SSSR count). The molecule has 2 N–H and O–H groups in total. The van der Waals surface area contributed by atoms with E-state index in [-0.39, 0.29) is 5.76 Å². The van der Waals surface area contributed by atoms with E-state index in [9.17, 15) is 4.79 Å². The van der Waals surface area contributed by atoms with Crippen molar-refractivity contribution in [3.8, 4) is 0 Å². The van der Waals surface area contributed by atoms with Gasteiger partial charge >= 0.3 is 5.76 Å². The van der Waals surface area contributed by atoms with E-state index in [1.165, 1.54) is 31.2 Å². The van der Waals surface area contributed by atoms with Crippen LogP contribution in [-0.4, -0.2) is 11.5 Å².